The number of sulfonamides is 1. The number of morpholine rings is 1. The quantitative estimate of drug-likeness (QED) is 0.349. The van der Waals surface area contributed by atoms with Crippen molar-refractivity contribution < 1.29 is 27.5 Å². The number of carbonyl (C=O) groups excluding carboxylic acids is 2. The molecule has 0 bridgehead atoms. The number of nitrogen functional groups attached to an aromatic ring is 1. The van der Waals surface area contributed by atoms with Crippen LogP contribution in [-0.4, -0.2) is 78.0 Å². The van der Waals surface area contributed by atoms with Crippen LogP contribution >= 0.6 is 11.8 Å². The number of benzene rings is 1. The maximum atomic E-state index is 13.0. The van der Waals surface area contributed by atoms with Crippen molar-refractivity contribution in [1.82, 2.24) is 19.1 Å². The molecule has 0 saturated carbocycles. The molecule has 0 aliphatic carbocycles. The summed E-state index contributed by atoms with van der Waals surface area (Å²) in [6, 6.07) is 5.23. The molecular formula is C20H28N6O6S2. The smallest absolute Gasteiger partial charge is 0.316 e. The Hall–Kier alpha value is -2.68. The van der Waals surface area contributed by atoms with Gasteiger partial charge in [-0.2, -0.15) is 4.31 Å². The van der Waals surface area contributed by atoms with E-state index in [0.717, 1.165) is 11.8 Å². The van der Waals surface area contributed by atoms with Gasteiger partial charge in [0.05, 0.1) is 30.5 Å². The number of nitrogens with one attached hydrogen (secondary N) is 1. The molecule has 1 aromatic carbocycles. The van der Waals surface area contributed by atoms with Crippen LogP contribution in [0.4, 0.5) is 11.6 Å². The second-order valence-corrected chi connectivity index (χ2v) is 10.1. The molecular weight excluding hydrogens is 484 g/mol. The third-order valence-corrected chi connectivity index (χ3v) is 7.88. The standard InChI is InChI=1S/C20H28N6O6S2/c1-3-16(26-19(21)23-24-20(26)33-13-17(27)32-4-2)18(28)22-14-5-7-15(8-6-14)34(29,30)25-9-11-31-12-10-25/h5-8,16H,3-4,9-13H2,1-2H3,(H2,21,23)(H,22,28). The molecule has 2 aromatic rings. The van der Waals surface area contributed by atoms with Crippen LogP contribution in [0.25, 0.3) is 0 Å². The number of amides is 1. The highest BCUT2D eigenvalue weighted by Crippen LogP contribution is 2.27. The van der Waals surface area contributed by atoms with Gasteiger partial charge in [0.1, 0.15) is 6.04 Å². The summed E-state index contributed by atoms with van der Waals surface area (Å²) in [5, 5.41) is 10.9. The van der Waals surface area contributed by atoms with Crippen LogP contribution in [0.5, 0.6) is 0 Å². The minimum Gasteiger partial charge on any atom is -0.465 e. The van der Waals surface area contributed by atoms with E-state index in [-0.39, 0.29) is 29.1 Å². The van der Waals surface area contributed by atoms with Crippen molar-refractivity contribution in [2.45, 2.75) is 36.4 Å². The van der Waals surface area contributed by atoms with E-state index < -0.39 is 22.0 Å². The Morgan fingerprint density at radius 3 is 2.50 bits per heavy atom. The van der Waals surface area contributed by atoms with Crippen LogP contribution in [0.15, 0.2) is 34.3 Å². The Morgan fingerprint density at radius 2 is 1.88 bits per heavy atom. The van der Waals surface area contributed by atoms with E-state index in [1.807, 2.05) is 6.92 Å². The minimum absolute atomic E-state index is 0.00308. The molecule has 0 radical (unpaired) electrons. The molecule has 1 aliphatic rings. The van der Waals surface area contributed by atoms with Crippen LogP contribution in [0.2, 0.25) is 0 Å². The fourth-order valence-electron chi connectivity index (χ4n) is 3.36. The number of esters is 1. The average molecular weight is 513 g/mol. The molecule has 34 heavy (non-hydrogen) atoms. The molecule has 186 valence electrons. The molecule has 0 spiro atoms. The maximum Gasteiger partial charge on any atom is 0.316 e. The first-order valence-corrected chi connectivity index (χ1v) is 13.2. The summed E-state index contributed by atoms with van der Waals surface area (Å²) in [7, 11) is -3.63. The molecule has 1 unspecified atom stereocenters. The van der Waals surface area contributed by atoms with Crippen LogP contribution in [0.1, 0.15) is 26.3 Å². The highest BCUT2D eigenvalue weighted by molar-refractivity contribution is 7.99. The number of rotatable bonds is 10. The lowest BCUT2D eigenvalue weighted by Crippen LogP contribution is -2.40. The van der Waals surface area contributed by atoms with Crippen molar-refractivity contribution in [1.29, 1.82) is 0 Å². The molecule has 1 aromatic heterocycles. The van der Waals surface area contributed by atoms with Crippen molar-refractivity contribution >= 4 is 45.3 Å². The lowest BCUT2D eigenvalue weighted by atomic mass is 10.2. The molecule has 3 N–H and O–H groups in total. The zero-order valence-electron chi connectivity index (χ0n) is 19.0. The van der Waals surface area contributed by atoms with Crippen molar-refractivity contribution in [2.75, 3.05) is 49.7 Å². The molecule has 3 rings (SSSR count). The zero-order chi connectivity index (χ0) is 24.7. The predicted molar refractivity (Wildman–Crippen MR) is 126 cm³/mol. The summed E-state index contributed by atoms with van der Waals surface area (Å²) in [5.74, 6) is -0.746. The number of anilines is 2. The summed E-state index contributed by atoms with van der Waals surface area (Å²) in [6.07, 6.45) is 0.379. The van der Waals surface area contributed by atoms with Crippen molar-refractivity contribution in [3.05, 3.63) is 24.3 Å². The lowest BCUT2D eigenvalue weighted by Gasteiger charge is -2.26. The second-order valence-electron chi connectivity index (χ2n) is 7.26. The topological polar surface area (TPSA) is 159 Å². The Morgan fingerprint density at radius 1 is 1.21 bits per heavy atom. The number of nitrogens with two attached hydrogens (primary N) is 1. The van der Waals surface area contributed by atoms with Gasteiger partial charge in [0.15, 0.2) is 5.16 Å². The zero-order valence-corrected chi connectivity index (χ0v) is 20.6. The average Bonchev–Trinajstić information content (AvgIpc) is 3.19. The van der Waals surface area contributed by atoms with Gasteiger partial charge in [0.25, 0.3) is 0 Å². The fraction of sp³-hybridized carbons (Fsp3) is 0.500. The summed E-state index contributed by atoms with van der Waals surface area (Å²) in [5.41, 5.74) is 6.38. The van der Waals surface area contributed by atoms with Gasteiger partial charge in [-0.05, 0) is 37.6 Å². The maximum absolute atomic E-state index is 13.0. The van der Waals surface area contributed by atoms with Crippen molar-refractivity contribution in [2.24, 2.45) is 0 Å². The summed E-state index contributed by atoms with van der Waals surface area (Å²) in [4.78, 5) is 24.9. The molecule has 1 amide bonds. The fourth-order valence-corrected chi connectivity index (χ4v) is 5.56. The highest BCUT2D eigenvalue weighted by Gasteiger charge is 2.27. The molecule has 2 heterocycles. The van der Waals surface area contributed by atoms with E-state index in [0.29, 0.717) is 43.6 Å². The molecule has 1 aliphatic heterocycles. The molecule has 14 heteroatoms. The van der Waals surface area contributed by atoms with Gasteiger partial charge in [-0.3, -0.25) is 14.2 Å². The van der Waals surface area contributed by atoms with Crippen LogP contribution < -0.4 is 11.1 Å². The Kier molecular flexibility index (Phi) is 8.88. The number of nitrogens with zero attached hydrogens (tertiary/aromatic N) is 4. The van der Waals surface area contributed by atoms with Gasteiger partial charge in [-0.25, -0.2) is 8.42 Å². The number of thioether (sulfide) groups is 1. The third-order valence-electron chi connectivity index (χ3n) is 5.05. The van der Waals surface area contributed by atoms with Crippen molar-refractivity contribution in [3.63, 3.8) is 0 Å². The monoisotopic (exact) mass is 512 g/mol. The van der Waals surface area contributed by atoms with E-state index in [4.69, 9.17) is 15.2 Å². The van der Waals surface area contributed by atoms with Gasteiger partial charge in [0, 0.05) is 18.8 Å². The van der Waals surface area contributed by atoms with Gasteiger partial charge in [-0.15, -0.1) is 10.2 Å². The minimum atomic E-state index is -3.63. The number of hydrogen-bond donors (Lipinski definition) is 2. The van der Waals surface area contributed by atoms with Crippen molar-refractivity contribution in [3.8, 4) is 0 Å². The largest absolute Gasteiger partial charge is 0.465 e. The molecule has 1 saturated heterocycles. The summed E-state index contributed by atoms with van der Waals surface area (Å²) < 4.78 is 38.5. The van der Waals surface area contributed by atoms with E-state index >= 15 is 0 Å². The molecule has 12 nitrogen and oxygen atoms in total. The number of aromatic nitrogens is 3. The van der Waals surface area contributed by atoms with Gasteiger partial charge in [0.2, 0.25) is 21.9 Å². The summed E-state index contributed by atoms with van der Waals surface area (Å²) in [6.45, 7) is 5.11. The van der Waals surface area contributed by atoms with E-state index in [1.54, 1.807) is 6.92 Å². The van der Waals surface area contributed by atoms with Gasteiger partial charge < -0.3 is 20.5 Å². The van der Waals surface area contributed by atoms with Crippen LogP contribution in [-0.2, 0) is 29.1 Å². The Labute approximate surface area is 202 Å². The number of hydrogen-bond acceptors (Lipinski definition) is 10. The first kappa shape index (κ1) is 25.9. The van der Waals surface area contributed by atoms with Crippen LogP contribution in [0, 0.1) is 0 Å². The first-order chi connectivity index (χ1) is 16.3. The van der Waals surface area contributed by atoms with E-state index in [9.17, 15) is 18.0 Å². The van der Waals surface area contributed by atoms with Gasteiger partial charge in [-0.1, -0.05) is 18.7 Å². The van der Waals surface area contributed by atoms with Gasteiger partial charge >= 0.3 is 5.97 Å². The number of ether oxygens (including phenoxy) is 2. The lowest BCUT2D eigenvalue weighted by molar-refractivity contribution is -0.139. The molecule has 1 atom stereocenters. The predicted octanol–water partition coefficient (Wildman–Crippen LogP) is 1.13. The van der Waals surface area contributed by atoms with Crippen LogP contribution in [0.3, 0.4) is 0 Å². The SMILES string of the molecule is CCOC(=O)CSc1nnc(N)n1C(CC)C(=O)Nc1ccc(S(=O)(=O)N2CCOCC2)cc1. The highest BCUT2D eigenvalue weighted by atomic mass is 32.2. The number of carbonyl (C=O) groups is 2. The Balaban J connectivity index is 1.71. The Bertz CT molecular complexity index is 1100. The van der Waals surface area contributed by atoms with E-state index in [2.05, 4.69) is 15.5 Å². The van der Waals surface area contributed by atoms with E-state index in [1.165, 1.54) is 33.1 Å². The normalized spacial score (nSPS) is 15.6. The first-order valence-electron chi connectivity index (χ1n) is 10.8. The summed E-state index contributed by atoms with van der Waals surface area (Å²) >= 11 is 1.08. The third kappa shape index (κ3) is 6.05. The molecule has 1 fully saturated rings. The second kappa shape index (κ2) is 11.6.